The minimum atomic E-state index is -3.16. The van der Waals surface area contributed by atoms with Crippen LogP contribution >= 0.6 is 0 Å². The minimum Gasteiger partial charge on any atom is -0.434 e. The molecular formula is C23H25F3N2O4. The number of hydrogen-bond acceptors (Lipinski definition) is 5. The highest BCUT2D eigenvalue weighted by molar-refractivity contribution is 5.97. The number of carbonyl (C=O) groups excluding carboxylic acids is 2. The predicted octanol–water partition coefficient (Wildman–Crippen LogP) is 4.87. The van der Waals surface area contributed by atoms with Crippen LogP contribution in [-0.4, -0.2) is 35.0 Å². The lowest BCUT2D eigenvalue weighted by atomic mass is 9.77. The molecule has 1 fully saturated rings. The molecule has 3 atom stereocenters. The van der Waals surface area contributed by atoms with Crippen molar-refractivity contribution in [1.82, 2.24) is 4.98 Å². The maximum atomic E-state index is 14.1. The van der Waals surface area contributed by atoms with Gasteiger partial charge in [0.2, 0.25) is 0 Å². The van der Waals surface area contributed by atoms with Crippen LogP contribution in [0.2, 0.25) is 0 Å². The van der Waals surface area contributed by atoms with Crippen molar-refractivity contribution < 1.29 is 32.2 Å². The van der Waals surface area contributed by atoms with E-state index < -0.39 is 36.0 Å². The van der Waals surface area contributed by atoms with Crippen LogP contribution in [0.1, 0.15) is 55.2 Å². The average molecular weight is 450 g/mol. The number of amides is 1. The predicted molar refractivity (Wildman–Crippen MR) is 111 cm³/mol. The molecule has 172 valence electrons. The molecule has 1 N–H and O–H groups in total. The second-order valence-electron chi connectivity index (χ2n) is 8.40. The lowest BCUT2D eigenvalue weighted by Crippen LogP contribution is -2.33. The number of ether oxygens (including phenoxy) is 2. The highest BCUT2D eigenvalue weighted by Gasteiger charge is 2.51. The highest BCUT2D eigenvalue weighted by atomic mass is 19.3. The Bertz CT molecular complexity index is 1040. The van der Waals surface area contributed by atoms with E-state index in [9.17, 15) is 22.8 Å². The fourth-order valence-electron chi connectivity index (χ4n) is 3.96. The van der Waals surface area contributed by atoms with Crippen molar-refractivity contribution in [2.75, 3.05) is 5.32 Å². The van der Waals surface area contributed by atoms with Gasteiger partial charge in [-0.05, 0) is 44.9 Å². The molecule has 1 aliphatic heterocycles. The van der Waals surface area contributed by atoms with Gasteiger partial charge in [-0.2, -0.15) is 8.78 Å². The molecular weight excluding hydrogens is 425 g/mol. The van der Waals surface area contributed by atoms with Gasteiger partial charge < -0.3 is 14.8 Å². The zero-order chi connectivity index (χ0) is 23.8. The summed E-state index contributed by atoms with van der Waals surface area (Å²) in [5.74, 6) is -2.76. The van der Waals surface area contributed by atoms with E-state index in [0.717, 1.165) is 6.07 Å². The third-order valence-corrected chi connectivity index (χ3v) is 5.98. The molecule has 2 heterocycles. The maximum absolute atomic E-state index is 14.1. The van der Waals surface area contributed by atoms with E-state index in [1.54, 1.807) is 13.8 Å². The van der Waals surface area contributed by atoms with Crippen molar-refractivity contribution >= 4 is 17.4 Å². The number of Topliss-reactive ketones (excluding diaryl/α,β-unsaturated/α-hetero) is 1. The summed E-state index contributed by atoms with van der Waals surface area (Å²) in [5, 5.41) is 2.70. The van der Waals surface area contributed by atoms with E-state index in [2.05, 4.69) is 15.0 Å². The van der Waals surface area contributed by atoms with E-state index in [1.807, 2.05) is 6.92 Å². The van der Waals surface area contributed by atoms with Crippen LogP contribution in [0, 0.1) is 18.7 Å². The Hall–Kier alpha value is -2.94. The Kier molecular flexibility index (Phi) is 6.59. The van der Waals surface area contributed by atoms with Crippen LogP contribution < -0.4 is 10.1 Å². The van der Waals surface area contributed by atoms with Crippen molar-refractivity contribution in [3.63, 3.8) is 0 Å². The lowest BCUT2D eigenvalue weighted by Gasteiger charge is -2.26. The number of anilines is 1. The summed E-state index contributed by atoms with van der Waals surface area (Å²) in [7, 11) is 0. The number of rotatable bonds is 6. The summed E-state index contributed by atoms with van der Waals surface area (Å²) in [6.45, 7) is 4.97. The number of halogens is 3. The molecule has 0 saturated carbocycles. The smallest absolute Gasteiger partial charge is 0.387 e. The molecule has 1 aromatic heterocycles. The van der Waals surface area contributed by atoms with Crippen LogP contribution in [0.5, 0.6) is 5.75 Å². The zero-order valence-electron chi connectivity index (χ0n) is 18.4. The Morgan fingerprint density at radius 3 is 2.56 bits per heavy atom. The fraction of sp³-hybridized carbons (Fsp3) is 0.435. The molecule has 1 saturated heterocycles. The van der Waals surface area contributed by atoms with Crippen molar-refractivity contribution in [3.8, 4) is 5.75 Å². The monoisotopic (exact) mass is 450 g/mol. The first-order valence-corrected chi connectivity index (χ1v) is 10.1. The second kappa shape index (κ2) is 8.90. The number of alkyl halides is 2. The molecule has 6 nitrogen and oxygen atoms in total. The molecule has 2 aromatic rings. The van der Waals surface area contributed by atoms with E-state index in [0.29, 0.717) is 5.69 Å². The van der Waals surface area contributed by atoms with E-state index in [4.69, 9.17) is 4.74 Å². The van der Waals surface area contributed by atoms with E-state index >= 15 is 0 Å². The van der Waals surface area contributed by atoms with Gasteiger partial charge in [-0.1, -0.05) is 13.0 Å². The summed E-state index contributed by atoms with van der Waals surface area (Å²) in [6.07, 6.45) is 0.322. The third-order valence-electron chi connectivity index (χ3n) is 5.98. The van der Waals surface area contributed by atoms with E-state index in [-0.39, 0.29) is 34.3 Å². The quantitative estimate of drug-likeness (QED) is 0.636. The molecule has 0 radical (unpaired) electrons. The summed E-state index contributed by atoms with van der Waals surface area (Å²) in [4.78, 5) is 28.7. The van der Waals surface area contributed by atoms with Crippen LogP contribution in [0.25, 0.3) is 0 Å². The SMILES string of the molecule is CC(=O)c1cc(NC(=O)[C@@H]2OC(C)(C)[C@@H](C)[C@H]2c2ccc(F)c(C)c2OC(F)F)ccn1. The van der Waals surface area contributed by atoms with Crippen LogP contribution in [0.15, 0.2) is 30.5 Å². The molecule has 1 aliphatic rings. The number of benzene rings is 1. The third kappa shape index (κ3) is 4.62. The standard InChI is InChI=1S/C23H25F3N2O4/c1-11-16(24)7-6-15(19(11)31-22(25)26)18-12(2)23(4,5)32-20(18)21(30)28-14-8-9-27-17(10-14)13(3)29/h6-10,12,18,20,22H,1-5H3,(H,27,28,30)/t12-,18-,20+/m0/s1. The molecule has 9 heteroatoms. The van der Waals surface area contributed by atoms with Crippen LogP contribution in [0.3, 0.4) is 0 Å². The number of nitrogens with one attached hydrogen (secondary N) is 1. The fourth-order valence-corrected chi connectivity index (χ4v) is 3.96. The van der Waals surface area contributed by atoms with Gasteiger partial charge in [0, 0.05) is 35.9 Å². The summed E-state index contributed by atoms with van der Waals surface area (Å²) in [6, 6.07) is 5.48. The van der Waals surface area contributed by atoms with Gasteiger partial charge in [-0.3, -0.25) is 14.6 Å². The number of nitrogens with zero attached hydrogens (tertiary/aromatic N) is 1. The van der Waals surface area contributed by atoms with Gasteiger partial charge in [0.05, 0.1) is 5.60 Å². The summed E-state index contributed by atoms with van der Waals surface area (Å²) < 4.78 is 51.0. The minimum absolute atomic E-state index is 0.0703. The Balaban J connectivity index is 2.01. The number of pyridine rings is 1. The van der Waals surface area contributed by atoms with Crippen LogP contribution in [-0.2, 0) is 9.53 Å². The van der Waals surface area contributed by atoms with Crippen molar-refractivity contribution in [2.24, 2.45) is 5.92 Å². The zero-order valence-corrected chi connectivity index (χ0v) is 18.4. The molecule has 0 bridgehead atoms. The summed E-state index contributed by atoms with van der Waals surface area (Å²) in [5.41, 5.74) is -0.0584. The molecule has 1 amide bonds. The molecule has 0 aliphatic carbocycles. The van der Waals surface area contributed by atoms with Gasteiger partial charge in [0.15, 0.2) is 5.78 Å². The first-order valence-electron chi connectivity index (χ1n) is 10.1. The van der Waals surface area contributed by atoms with Gasteiger partial charge in [-0.25, -0.2) is 4.39 Å². The summed E-state index contributed by atoms with van der Waals surface area (Å²) >= 11 is 0. The van der Waals surface area contributed by atoms with E-state index in [1.165, 1.54) is 38.2 Å². The van der Waals surface area contributed by atoms with Gasteiger partial charge >= 0.3 is 6.61 Å². The van der Waals surface area contributed by atoms with Gasteiger partial charge in [0.25, 0.3) is 5.91 Å². The Morgan fingerprint density at radius 1 is 1.25 bits per heavy atom. The largest absolute Gasteiger partial charge is 0.434 e. The molecule has 0 spiro atoms. The maximum Gasteiger partial charge on any atom is 0.387 e. The molecule has 32 heavy (non-hydrogen) atoms. The Labute approximate surface area is 184 Å². The van der Waals surface area contributed by atoms with Gasteiger partial charge in [-0.15, -0.1) is 0 Å². The van der Waals surface area contributed by atoms with Crippen molar-refractivity contribution in [2.45, 2.75) is 58.9 Å². The van der Waals surface area contributed by atoms with Crippen LogP contribution in [0.4, 0.5) is 18.9 Å². The number of ketones is 1. The first kappa shape index (κ1) is 23.7. The number of hydrogen-bond donors (Lipinski definition) is 1. The van der Waals surface area contributed by atoms with Crippen molar-refractivity contribution in [1.29, 1.82) is 0 Å². The average Bonchev–Trinajstić information content (AvgIpc) is 2.95. The molecule has 3 rings (SSSR count). The molecule has 0 unspecified atom stereocenters. The normalized spacial score (nSPS) is 22.1. The number of aromatic nitrogens is 1. The van der Waals surface area contributed by atoms with Crippen molar-refractivity contribution in [3.05, 3.63) is 53.1 Å². The van der Waals surface area contributed by atoms with Gasteiger partial charge in [0.1, 0.15) is 23.4 Å². The lowest BCUT2D eigenvalue weighted by molar-refractivity contribution is -0.131. The Morgan fingerprint density at radius 2 is 1.94 bits per heavy atom. The molecule has 1 aromatic carbocycles. The topological polar surface area (TPSA) is 77.5 Å². The highest BCUT2D eigenvalue weighted by Crippen LogP contribution is 2.49. The number of carbonyl (C=O) groups is 2. The first-order chi connectivity index (χ1) is 14.9. The second-order valence-corrected chi connectivity index (χ2v) is 8.40.